The first-order valence-corrected chi connectivity index (χ1v) is 13.9. The molecule has 26 heavy (non-hydrogen) atoms. The molecule has 4 heteroatoms. The Balaban J connectivity index is 1.74. The van der Waals surface area contributed by atoms with Gasteiger partial charge in [0.05, 0.1) is 11.5 Å². The number of rotatable bonds is 2. The van der Waals surface area contributed by atoms with E-state index < -0.39 is 8.32 Å². The molecule has 0 aliphatic heterocycles. The highest BCUT2D eigenvalue weighted by atomic mass is 28.4. The van der Waals surface area contributed by atoms with Gasteiger partial charge in [-0.2, -0.15) is 0 Å². The fraction of sp³-hybridized carbons (Fsp3) is 0.818. The van der Waals surface area contributed by atoms with E-state index >= 15 is 0 Å². The average Bonchev–Trinajstić information content (AvgIpc) is 2.85. The van der Waals surface area contributed by atoms with Crippen LogP contribution in [0.15, 0.2) is 11.6 Å². The summed E-state index contributed by atoms with van der Waals surface area (Å²) in [6.45, 7) is 11.3. The summed E-state index contributed by atoms with van der Waals surface area (Å²) in [5, 5.41) is 0. The molecule has 0 bridgehead atoms. The zero-order valence-corrected chi connectivity index (χ0v) is 18.1. The van der Waals surface area contributed by atoms with Crippen LogP contribution in [0.1, 0.15) is 58.8 Å². The Morgan fingerprint density at radius 2 is 1.77 bits per heavy atom. The Morgan fingerprint density at radius 1 is 1.04 bits per heavy atom. The molecule has 0 amide bonds. The third kappa shape index (κ3) is 2.62. The molecule has 6 unspecified atom stereocenters. The predicted octanol–water partition coefficient (Wildman–Crippen LogP) is 4.92. The lowest BCUT2D eigenvalue weighted by Crippen LogP contribution is -2.58. The Morgan fingerprint density at radius 3 is 2.46 bits per heavy atom. The molecule has 0 saturated heterocycles. The summed E-state index contributed by atoms with van der Waals surface area (Å²) in [6.07, 6.45) is 8.64. The first-order valence-electron chi connectivity index (χ1n) is 10.5. The highest BCUT2D eigenvalue weighted by molar-refractivity contribution is 6.69. The molecule has 3 fully saturated rings. The SMILES string of the molecule is CC12CCC(=O)C=C1CCC1C2CC(O[Si](C)(C)C)C2(C)C(=O)CCC12. The van der Waals surface area contributed by atoms with Crippen molar-refractivity contribution in [1.82, 2.24) is 0 Å². The topological polar surface area (TPSA) is 43.4 Å². The molecule has 0 radical (unpaired) electrons. The summed E-state index contributed by atoms with van der Waals surface area (Å²) in [6, 6.07) is 0. The van der Waals surface area contributed by atoms with Crippen molar-refractivity contribution in [3.8, 4) is 0 Å². The van der Waals surface area contributed by atoms with Crippen molar-refractivity contribution in [2.45, 2.75) is 84.5 Å². The second-order valence-corrected chi connectivity index (χ2v) is 15.1. The van der Waals surface area contributed by atoms with Gasteiger partial charge in [-0.1, -0.05) is 12.5 Å². The minimum Gasteiger partial charge on any atom is -0.414 e. The lowest BCUT2D eigenvalue weighted by molar-refractivity contribution is -0.148. The van der Waals surface area contributed by atoms with Gasteiger partial charge in [0.1, 0.15) is 5.78 Å². The van der Waals surface area contributed by atoms with Crippen molar-refractivity contribution >= 4 is 19.9 Å². The Labute approximate surface area is 159 Å². The number of ketones is 2. The van der Waals surface area contributed by atoms with E-state index in [9.17, 15) is 9.59 Å². The first kappa shape index (κ1) is 18.6. The fourth-order valence-electron chi connectivity index (χ4n) is 6.88. The molecule has 4 aliphatic rings. The Hall–Kier alpha value is -0.743. The van der Waals surface area contributed by atoms with Crippen LogP contribution in [0.25, 0.3) is 0 Å². The molecule has 0 aromatic carbocycles. The third-order valence-corrected chi connectivity index (χ3v) is 9.24. The van der Waals surface area contributed by atoms with Crippen molar-refractivity contribution in [2.24, 2.45) is 28.6 Å². The maximum Gasteiger partial charge on any atom is 0.184 e. The van der Waals surface area contributed by atoms with Crippen molar-refractivity contribution in [3.63, 3.8) is 0 Å². The molecule has 4 rings (SSSR count). The normalized spacial score (nSPS) is 45.7. The van der Waals surface area contributed by atoms with Gasteiger partial charge in [-0.3, -0.25) is 9.59 Å². The molecule has 0 aromatic heterocycles. The average molecular weight is 375 g/mol. The summed E-state index contributed by atoms with van der Waals surface area (Å²) in [5.74, 6) is 2.38. The third-order valence-electron chi connectivity index (χ3n) is 8.24. The van der Waals surface area contributed by atoms with Crippen LogP contribution in [0.2, 0.25) is 19.6 Å². The Kier molecular flexibility index (Phi) is 4.21. The molecule has 0 heterocycles. The van der Waals surface area contributed by atoms with Crippen molar-refractivity contribution in [2.75, 3.05) is 0 Å². The maximum absolute atomic E-state index is 13.0. The molecule has 0 N–H and O–H groups in total. The molecular formula is C22H34O3Si. The van der Waals surface area contributed by atoms with E-state index in [1.807, 2.05) is 6.08 Å². The van der Waals surface area contributed by atoms with E-state index in [2.05, 4.69) is 33.5 Å². The van der Waals surface area contributed by atoms with Crippen LogP contribution in [0.4, 0.5) is 0 Å². The van der Waals surface area contributed by atoms with Crippen LogP contribution in [-0.2, 0) is 14.0 Å². The number of carbonyl (C=O) groups excluding carboxylic acids is 2. The van der Waals surface area contributed by atoms with Gasteiger partial charge in [-0.05, 0) is 87.9 Å². The van der Waals surface area contributed by atoms with Gasteiger partial charge >= 0.3 is 0 Å². The van der Waals surface area contributed by atoms with Crippen LogP contribution in [0.3, 0.4) is 0 Å². The molecular weight excluding hydrogens is 340 g/mol. The molecule has 0 spiro atoms. The van der Waals surface area contributed by atoms with Gasteiger partial charge in [0.15, 0.2) is 14.1 Å². The zero-order chi connectivity index (χ0) is 18.9. The van der Waals surface area contributed by atoms with Gasteiger partial charge in [-0.25, -0.2) is 0 Å². The van der Waals surface area contributed by atoms with Crippen LogP contribution in [-0.4, -0.2) is 26.0 Å². The summed E-state index contributed by atoms with van der Waals surface area (Å²) < 4.78 is 6.69. The maximum atomic E-state index is 13.0. The van der Waals surface area contributed by atoms with Gasteiger partial charge in [0.2, 0.25) is 0 Å². The molecule has 3 nitrogen and oxygen atoms in total. The summed E-state index contributed by atoms with van der Waals surface area (Å²) in [4.78, 5) is 25.0. The zero-order valence-electron chi connectivity index (χ0n) is 17.1. The van der Waals surface area contributed by atoms with Crippen molar-refractivity contribution in [1.29, 1.82) is 0 Å². The van der Waals surface area contributed by atoms with E-state index in [0.717, 1.165) is 38.5 Å². The molecule has 3 saturated carbocycles. The van der Waals surface area contributed by atoms with E-state index in [0.29, 0.717) is 35.7 Å². The molecule has 6 atom stereocenters. The second kappa shape index (κ2) is 5.87. The minimum absolute atomic E-state index is 0.0595. The number of fused-ring (bicyclic) bond motifs is 5. The number of hydrogen-bond acceptors (Lipinski definition) is 3. The van der Waals surface area contributed by atoms with Crippen LogP contribution < -0.4 is 0 Å². The number of hydrogen-bond donors (Lipinski definition) is 0. The van der Waals surface area contributed by atoms with E-state index in [1.54, 1.807) is 0 Å². The standard InChI is InChI=1S/C22H34O3Si/c1-21-11-10-15(23)12-14(21)6-7-16-17-8-9-19(24)22(17,2)20(13-18(16)21)25-26(3,4)5/h12,16-18,20H,6-11,13H2,1-5H3. The molecule has 4 aliphatic carbocycles. The van der Waals surface area contributed by atoms with Gasteiger partial charge in [-0.15, -0.1) is 0 Å². The lowest BCUT2D eigenvalue weighted by Gasteiger charge is -2.59. The predicted molar refractivity (Wildman–Crippen MR) is 105 cm³/mol. The van der Waals surface area contributed by atoms with E-state index in [-0.39, 0.29) is 16.9 Å². The van der Waals surface area contributed by atoms with Crippen LogP contribution in [0, 0.1) is 28.6 Å². The summed E-state index contributed by atoms with van der Waals surface area (Å²) in [5.41, 5.74) is 1.23. The van der Waals surface area contributed by atoms with Crippen molar-refractivity contribution in [3.05, 3.63) is 11.6 Å². The van der Waals surface area contributed by atoms with Crippen molar-refractivity contribution < 1.29 is 14.0 Å². The lowest BCUT2D eigenvalue weighted by atomic mass is 9.47. The quantitative estimate of drug-likeness (QED) is 0.645. The smallest absolute Gasteiger partial charge is 0.184 e. The van der Waals surface area contributed by atoms with Gasteiger partial charge in [0.25, 0.3) is 0 Å². The highest BCUT2D eigenvalue weighted by Gasteiger charge is 2.63. The Bertz CT molecular complexity index is 675. The van der Waals surface area contributed by atoms with Gasteiger partial charge in [0, 0.05) is 12.8 Å². The summed E-state index contributed by atoms with van der Waals surface area (Å²) in [7, 11) is -1.74. The monoisotopic (exact) mass is 374 g/mol. The second-order valence-electron chi connectivity index (χ2n) is 10.7. The highest BCUT2D eigenvalue weighted by Crippen LogP contribution is 2.65. The number of carbonyl (C=O) groups is 2. The summed E-state index contributed by atoms with van der Waals surface area (Å²) >= 11 is 0. The van der Waals surface area contributed by atoms with E-state index in [1.165, 1.54) is 5.57 Å². The van der Waals surface area contributed by atoms with E-state index in [4.69, 9.17) is 4.43 Å². The van der Waals surface area contributed by atoms with Gasteiger partial charge < -0.3 is 4.43 Å². The number of allylic oxidation sites excluding steroid dienone is 1. The molecule has 144 valence electrons. The van der Waals surface area contributed by atoms with Crippen LogP contribution in [0.5, 0.6) is 0 Å². The first-order chi connectivity index (χ1) is 12.1. The fourth-order valence-corrected chi connectivity index (χ4v) is 8.08. The minimum atomic E-state index is -1.74. The van der Waals surface area contributed by atoms with Crippen LogP contribution >= 0.6 is 0 Å². The number of Topliss-reactive ketones (excluding diaryl/α,β-unsaturated/α-hetero) is 1. The molecule has 0 aromatic rings. The largest absolute Gasteiger partial charge is 0.414 e.